The van der Waals surface area contributed by atoms with Crippen LogP contribution in [-0.4, -0.2) is 9.13 Å². The molecule has 13 rings (SSSR count). The number of rotatable bonds is 6. The molecule has 4 bridgehead atoms. The summed E-state index contributed by atoms with van der Waals surface area (Å²) >= 11 is 0. The van der Waals surface area contributed by atoms with Crippen LogP contribution in [0.15, 0.2) is 165 Å². The van der Waals surface area contributed by atoms with Gasteiger partial charge in [-0.25, -0.2) is 0 Å². The Labute approximate surface area is 368 Å². The molecule has 0 amide bonds. The van der Waals surface area contributed by atoms with Gasteiger partial charge >= 0.3 is 0 Å². The molecule has 0 saturated heterocycles. The second-order valence-electron chi connectivity index (χ2n) is 19.5. The first-order valence-electron chi connectivity index (χ1n) is 23.1. The summed E-state index contributed by atoms with van der Waals surface area (Å²) in [5.41, 5.74) is 3.53. The van der Waals surface area contributed by atoms with Crippen molar-refractivity contribution in [1.82, 2.24) is 9.13 Å². The monoisotopic (exact) mass is 834 g/mol. The number of benzene rings is 6. The summed E-state index contributed by atoms with van der Waals surface area (Å²) in [5.74, 6) is 3.72. The molecule has 6 heteroatoms. The number of nitrogens with zero attached hydrogens (tertiary/aromatic N) is 2. The zero-order chi connectivity index (χ0) is 43.1. The van der Waals surface area contributed by atoms with Crippen molar-refractivity contribution in [1.29, 1.82) is 0 Å². The third kappa shape index (κ3) is 5.63. The van der Waals surface area contributed by atoms with Gasteiger partial charge in [-0.2, -0.15) is 0 Å². The average molecular weight is 835 g/mol. The van der Waals surface area contributed by atoms with Crippen molar-refractivity contribution in [2.24, 2.45) is 23.7 Å². The molecule has 8 atom stereocenters. The molecule has 6 nitrogen and oxygen atoms in total. The molecular formula is C58H46N2O4. The molecule has 0 spiro atoms. The molecule has 2 aromatic heterocycles. The van der Waals surface area contributed by atoms with Gasteiger partial charge in [0.15, 0.2) is 0 Å². The van der Waals surface area contributed by atoms with Crippen LogP contribution in [0.1, 0.15) is 85.7 Å². The van der Waals surface area contributed by atoms with E-state index in [9.17, 15) is 19.2 Å². The van der Waals surface area contributed by atoms with Gasteiger partial charge in [-0.15, -0.1) is 0 Å². The summed E-state index contributed by atoms with van der Waals surface area (Å²) in [5, 5.41) is 9.26. The molecule has 312 valence electrons. The predicted molar refractivity (Wildman–Crippen MR) is 260 cm³/mol. The molecule has 4 aliphatic rings. The van der Waals surface area contributed by atoms with Gasteiger partial charge in [-0.05, 0) is 189 Å². The Balaban J connectivity index is 0.835. The van der Waals surface area contributed by atoms with Gasteiger partial charge in [-0.3, -0.25) is 28.3 Å². The topological polar surface area (TPSA) is 78.1 Å². The summed E-state index contributed by atoms with van der Waals surface area (Å²) in [7, 11) is 0. The fourth-order valence-electron chi connectivity index (χ4n) is 12.5. The van der Waals surface area contributed by atoms with Crippen molar-refractivity contribution in [3.8, 4) is 0 Å². The third-order valence-corrected chi connectivity index (χ3v) is 16.1. The van der Waals surface area contributed by atoms with E-state index in [4.69, 9.17) is 0 Å². The molecule has 0 radical (unpaired) electrons. The Morgan fingerprint density at radius 2 is 0.688 bits per heavy atom. The normalized spacial score (nSPS) is 23.2. The van der Waals surface area contributed by atoms with Gasteiger partial charge < -0.3 is 0 Å². The summed E-state index contributed by atoms with van der Waals surface area (Å²) in [6.07, 6.45) is 14.4. The predicted octanol–water partition coefficient (Wildman–Crippen LogP) is 11.7. The van der Waals surface area contributed by atoms with Crippen LogP contribution < -0.4 is 22.2 Å². The number of hydrogen-bond acceptors (Lipinski definition) is 4. The molecule has 0 aliphatic heterocycles. The molecular weight excluding hydrogens is 789 g/mol. The first kappa shape index (κ1) is 37.6. The minimum Gasteiger partial charge on any atom is -0.269 e. The number of aromatic nitrogens is 2. The van der Waals surface area contributed by atoms with Crippen LogP contribution in [0, 0.1) is 23.7 Å². The zero-order valence-corrected chi connectivity index (χ0v) is 35.8. The number of fused-ring (bicyclic) bond motifs is 10. The molecule has 8 unspecified atom stereocenters. The highest BCUT2D eigenvalue weighted by Gasteiger charge is 2.37. The maximum Gasteiger partial charge on any atom is 0.262 e. The van der Waals surface area contributed by atoms with Crippen molar-refractivity contribution < 1.29 is 0 Å². The Morgan fingerprint density at radius 1 is 0.375 bits per heavy atom. The third-order valence-electron chi connectivity index (χ3n) is 16.1. The lowest BCUT2D eigenvalue weighted by Gasteiger charge is -2.20. The SMILES string of the molecule is CC(c1ccc(C2CC3C=CC2C3)cc1)n1c(=O)c2cc3cc4ccc5cc6cc7c(=O)n(C(C)c8ccc(C9CC%10C=CC9C%10)cc8)c(=O)c7cc6cc5ccc4cc3cc2c1=O. The number of hydrogen-bond donors (Lipinski definition) is 0. The highest BCUT2D eigenvalue weighted by atomic mass is 16.2. The molecule has 4 aliphatic carbocycles. The van der Waals surface area contributed by atoms with Gasteiger partial charge in [0.05, 0.1) is 33.6 Å². The van der Waals surface area contributed by atoms with Gasteiger partial charge in [0.1, 0.15) is 0 Å². The van der Waals surface area contributed by atoms with Crippen LogP contribution in [0.5, 0.6) is 0 Å². The lowest BCUT2D eigenvalue weighted by Crippen LogP contribution is -2.29. The fraction of sp³-hybridized carbons (Fsp3) is 0.241. The maximum atomic E-state index is 14.0. The first-order valence-corrected chi connectivity index (χ1v) is 23.1. The van der Waals surface area contributed by atoms with Gasteiger partial charge in [-0.1, -0.05) is 97.1 Å². The lowest BCUT2D eigenvalue weighted by molar-refractivity contribution is 0.582. The van der Waals surface area contributed by atoms with Crippen molar-refractivity contribution >= 4 is 64.6 Å². The Morgan fingerprint density at radius 3 is 0.953 bits per heavy atom. The second-order valence-corrected chi connectivity index (χ2v) is 19.5. The van der Waals surface area contributed by atoms with Crippen LogP contribution in [0.2, 0.25) is 0 Å². The van der Waals surface area contributed by atoms with Crippen molar-refractivity contribution in [3.05, 3.63) is 209 Å². The maximum absolute atomic E-state index is 14.0. The van der Waals surface area contributed by atoms with E-state index in [1.165, 1.54) is 45.9 Å². The quantitative estimate of drug-likeness (QED) is 0.156. The van der Waals surface area contributed by atoms with Crippen molar-refractivity contribution in [3.63, 3.8) is 0 Å². The van der Waals surface area contributed by atoms with Crippen LogP contribution in [0.25, 0.3) is 64.6 Å². The molecule has 64 heavy (non-hydrogen) atoms. The Kier molecular flexibility index (Phi) is 8.10. The Bertz CT molecular complexity index is 3380. The standard InChI is InChI=1S/C58H46N2O4/c1-31(35-7-11-37(12-8-35)49-21-33-3-5-43(49)19-33)59-55(61)51-27-45-23-39-15-17-41-25-47-29-53-54(30-48(47)26-42(41)18-16-40(39)24-46(45)28-52(51)56(59)62)58(64)60(57(53)63)32(2)36-9-13-38(14-10-36)50-22-34-4-6-44(50)20-34/h3-18,23-34,43-44,49-50H,19-22H2,1-2H3. The van der Waals surface area contributed by atoms with Crippen LogP contribution >= 0.6 is 0 Å². The molecule has 7 aromatic carbocycles. The van der Waals surface area contributed by atoms with Crippen molar-refractivity contribution in [2.45, 2.75) is 63.5 Å². The summed E-state index contributed by atoms with van der Waals surface area (Å²) < 4.78 is 2.83. The van der Waals surface area contributed by atoms with E-state index in [-0.39, 0.29) is 22.2 Å². The molecule has 9 aromatic rings. The van der Waals surface area contributed by atoms with Crippen molar-refractivity contribution in [2.75, 3.05) is 0 Å². The zero-order valence-electron chi connectivity index (χ0n) is 35.8. The van der Waals surface area contributed by atoms with E-state index in [1.807, 2.05) is 38.1 Å². The highest BCUT2D eigenvalue weighted by molar-refractivity contribution is 6.07. The fourth-order valence-corrected chi connectivity index (χ4v) is 12.5. The lowest BCUT2D eigenvalue weighted by atomic mass is 9.86. The smallest absolute Gasteiger partial charge is 0.262 e. The van der Waals surface area contributed by atoms with E-state index >= 15 is 0 Å². The van der Waals surface area contributed by atoms with Crippen LogP contribution in [0.3, 0.4) is 0 Å². The first-order chi connectivity index (χ1) is 31.1. The number of allylic oxidation sites excluding steroid dienone is 4. The summed E-state index contributed by atoms with van der Waals surface area (Å²) in [4.78, 5) is 55.9. The van der Waals surface area contributed by atoms with E-state index in [1.54, 1.807) is 0 Å². The summed E-state index contributed by atoms with van der Waals surface area (Å²) in [6.45, 7) is 3.88. The summed E-state index contributed by atoms with van der Waals surface area (Å²) in [6, 6.07) is 40.5. The van der Waals surface area contributed by atoms with Gasteiger partial charge in [0.25, 0.3) is 22.2 Å². The van der Waals surface area contributed by atoms with Crippen LogP contribution in [0.4, 0.5) is 0 Å². The molecule has 2 heterocycles. The Hall–Kier alpha value is -6.92. The molecule has 0 N–H and O–H groups in total. The van der Waals surface area contributed by atoms with Crippen LogP contribution in [-0.2, 0) is 0 Å². The molecule has 2 saturated carbocycles. The molecule has 2 fully saturated rings. The average Bonchev–Trinajstić information content (AvgIpc) is 4.19. The largest absolute Gasteiger partial charge is 0.269 e. The van der Waals surface area contributed by atoms with Gasteiger partial charge in [0.2, 0.25) is 0 Å². The second kappa shape index (κ2) is 13.8. The van der Waals surface area contributed by atoms with E-state index in [0.29, 0.717) is 57.1 Å². The van der Waals surface area contributed by atoms with E-state index in [2.05, 4.69) is 121 Å². The minimum absolute atomic E-state index is 0.262. The van der Waals surface area contributed by atoms with E-state index < -0.39 is 12.1 Å². The minimum atomic E-state index is -0.401. The highest BCUT2D eigenvalue weighted by Crippen LogP contribution is 2.50. The van der Waals surface area contributed by atoms with E-state index in [0.717, 1.165) is 54.2 Å². The van der Waals surface area contributed by atoms with Gasteiger partial charge in [0, 0.05) is 0 Å².